The van der Waals surface area contributed by atoms with Gasteiger partial charge in [-0.1, -0.05) is 0 Å². The number of methoxy groups -OCH3 is 1. The van der Waals surface area contributed by atoms with Gasteiger partial charge >= 0.3 is 5.97 Å². The van der Waals surface area contributed by atoms with E-state index in [2.05, 4.69) is 20.7 Å². The molecule has 88 valence electrons. The molecule has 0 saturated heterocycles. The predicted molar refractivity (Wildman–Crippen MR) is 52.7 cm³/mol. The van der Waals surface area contributed by atoms with Crippen LogP contribution >= 0.6 is 15.9 Å². The number of phenols is 1. The highest BCUT2D eigenvalue weighted by Gasteiger charge is 2.28. The summed E-state index contributed by atoms with van der Waals surface area (Å²) in [4.78, 5) is 11.0. The van der Waals surface area contributed by atoms with Crippen LogP contribution in [-0.2, 0) is 9.53 Å². The monoisotopic (exact) mass is 296 g/mol. The minimum Gasteiger partial charge on any atom is -0.506 e. The third-order valence-electron chi connectivity index (χ3n) is 1.88. The lowest BCUT2D eigenvalue weighted by molar-refractivity contribution is -0.151. The maximum Gasteiger partial charge on any atom is 0.339 e. The summed E-state index contributed by atoms with van der Waals surface area (Å²) in [6, 6.07) is 0.679. The Hall–Kier alpha value is -1.21. The van der Waals surface area contributed by atoms with E-state index in [0.29, 0.717) is 6.07 Å². The summed E-state index contributed by atoms with van der Waals surface area (Å²) in [7, 11) is 0.967. The second kappa shape index (κ2) is 4.75. The number of esters is 1. The maximum atomic E-state index is 13.3. The molecule has 1 atom stereocenters. The SMILES string of the molecule is COC(=O)C(O)c1c(O)c(Br)cc(F)c1F. The zero-order chi connectivity index (χ0) is 12.5. The van der Waals surface area contributed by atoms with Gasteiger partial charge in [0.15, 0.2) is 17.7 Å². The van der Waals surface area contributed by atoms with Crippen molar-refractivity contribution in [3.63, 3.8) is 0 Å². The first-order chi connectivity index (χ1) is 7.40. The van der Waals surface area contributed by atoms with E-state index in [-0.39, 0.29) is 4.47 Å². The second-order valence-electron chi connectivity index (χ2n) is 2.84. The van der Waals surface area contributed by atoms with E-state index in [9.17, 15) is 23.8 Å². The van der Waals surface area contributed by atoms with Crippen molar-refractivity contribution in [3.05, 3.63) is 27.7 Å². The molecule has 1 unspecified atom stereocenters. The van der Waals surface area contributed by atoms with Gasteiger partial charge in [0.05, 0.1) is 17.1 Å². The summed E-state index contributed by atoms with van der Waals surface area (Å²) in [5, 5.41) is 18.7. The summed E-state index contributed by atoms with van der Waals surface area (Å²) in [5.74, 6) is -4.76. The summed E-state index contributed by atoms with van der Waals surface area (Å²) in [6.07, 6.45) is -2.09. The van der Waals surface area contributed by atoms with Crippen molar-refractivity contribution >= 4 is 21.9 Å². The Morgan fingerprint density at radius 1 is 1.56 bits per heavy atom. The highest BCUT2D eigenvalue weighted by atomic mass is 79.9. The molecular formula is C9H7BrF2O4. The van der Waals surface area contributed by atoms with Crippen molar-refractivity contribution < 1.29 is 28.5 Å². The molecule has 0 aliphatic carbocycles. The molecule has 1 aromatic carbocycles. The summed E-state index contributed by atoms with van der Waals surface area (Å²) < 4.78 is 30.2. The lowest BCUT2D eigenvalue weighted by Gasteiger charge is -2.12. The largest absolute Gasteiger partial charge is 0.506 e. The zero-order valence-corrected chi connectivity index (χ0v) is 9.59. The van der Waals surface area contributed by atoms with Crippen LogP contribution in [0, 0.1) is 11.6 Å². The Morgan fingerprint density at radius 2 is 2.12 bits per heavy atom. The molecule has 0 aromatic heterocycles. The van der Waals surface area contributed by atoms with E-state index >= 15 is 0 Å². The number of ether oxygens (including phenoxy) is 1. The molecule has 0 saturated carbocycles. The van der Waals surface area contributed by atoms with Crippen LogP contribution in [0.1, 0.15) is 11.7 Å². The van der Waals surface area contributed by atoms with Crippen LogP contribution in [0.25, 0.3) is 0 Å². The fourth-order valence-electron chi connectivity index (χ4n) is 1.08. The van der Waals surface area contributed by atoms with E-state index in [4.69, 9.17) is 0 Å². The number of aliphatic hydroxyl groups excluding tert-OH is 1. The number of rotatable bonds is 2. The van der Waals surface area contributed by atoms with E-state index < -0.39 is 35.0 Å². The van der Waals surface area contributed by atoms with Crippen LogP contribution in [0.15, 0.2) is 10.5 Å². The Bertz CT molecular complexity index is 410. The number of hydrogen-bond acceptors (Lipinski definition) is 4. The molecule has 0 bridgehead atoms. The molecule has 0 aliphatic heterocycles. The first-order valence-electron chi connectivity index (χ1n) is 4.02. The Labute approximate surface area is 97.6 Å². The summed E-state index contributed by atoms with van der Waals surface area (Å²) >= 11 is 2.75. The van der Waals surface area contributed by atoms with Gasteiger partial charge in [-0.15, -0.1) is 0 Å². The van der Waals surface area contributed by atoms with Gasteiger partial charge in [-0.25, -0.2) is 13.6 Å². The van der Waals surface area contributed by atoms with Crippen LogP contribution in [-0.4, -0.2) is 23.3 Å². The van der Waals surface area contributed by atoms with Gasteiger partial charge in [0.1, 0.15) is 5.75 Å². The molecule has 2 N–H and O–H groups in total. The highest BCUT2D eigenvalue weighted by Crippen LogP contribution is 2.35. The van der Waals surface area contributed by atoms with Gasteiger partial charge in [-0.2, -0.15) is 0 Å². The molecule has 16 heavy (non-hydrogen) atoms. The molecule has 7 heteroatoms. The highest BCUT2D eigenvalue weighted by molar-refractivity contribution is 9.10. The number of phenolic OH excluding ortho intramolecular Hbond substituents is 1. The fraction of sp³-hybridized carbons (Fsp3) is 0.222. The molecule has 0 radical (unpaired) electrons. The number of benzene rings is 1. The quantitative estimate of drug-likeness (QED) is 0.643. The molecule has 4 nitrogen and oxygen atoms in total. The van der Waals surface area contributed by atoms with Crippen LogP contribution in [0.5, 0.6) is 5.75 Å². The Morgan fingerprint density at radius 3 is 2.62 bits per heavy atom. The van der Waals surface area contributed by atoms with Crippen LogP contribution < -0.4 is 0 Å². The third kappa shape index (κ3) is 2.14. The van der Waals surface area contributed by atoms with Gasteiger partial charge in [0.25, 0.3) is 0 Å². The zero-order valence-electron chi connectivity index (χ0n) is 8.00. The summed E-state index contributed by atoms with van der Waals surface area (Å²) in [6.45, 7) is 0. The average Bonchev–Trinajstić information content (AvgIpc) is 2.25. The minimum absolute atomic E-state index is 0.177. The van der Waals surface area contributed by atoms with Crippen molar-refractivity contribution in [2.45, 2.75) is 6.10 Å². The van der Waals surface area contributed by atoms with Crippen molar-refractivity contribution in [1.82, 2.24) is 0 Å². The number of halogens is 3. The van der Waals surface area contributed by atoms with Crippen molar-refractivity contribution in [1.29, 1.82) is 0 Å². The first-order valence-corrected chi connectivity index (χ1v) is 4.81. The molecule has 0 heterocycles. The van der Waals surface area contributed by atoms with E-state index in [1.54, 1.807) is 0 Å². The van der Waals surface area contributed by atoms with Gasteiger partial charge < -0.3 is 14.9 Å². The number of carbonyl (C=O) groups is 1. The van der Waals surface area contributed by atoms with Crippen LogP contribution in [0.3, 0.4) is 0 Å². The molecule has 1 rings (SSSR count). The van der Waals surface area contributed by atoms with Crippen molar-refractivity contribution in [2.75, 3.05) is 7.11 Å². The smallest absolute Gasteiger partial charge is 0.339 e. The first kappa shape index (κ1) is 12.9. The number of aromatic hydroxyl groups is 1. The Kier molecular flexibility index (Phi) is 3.82. The van der Waals surface area contributed by atoms with Crippen molar-refractivity contribution in [2.24, 2.45) is 0 Å². The number of aliphatic hydroxyl groups is 1. The molecule has 0 fully saturated rings. The fourth-order valence-corrected chi connectivity index (χ4v) is 1.50. The predicted octanol–water partition coefficient (Wildman–Crippen LogP) is 1.64. The average molecular weight is 297 g/mol. The molecule has 0 spiro atoms. The molecule has 0 aliphatic rings. The minimum atomic E-state index is -2.09. The molecule has 0 amide bonds. The second-order valence-corrected chi connectivity index (χ2v) is 3.70. The number of carbonyl (C=O) groups excluding carboxylic acids is 1. The van der Waals surface area contributed by atoms with E-state index in [0.717, 1.165) is 7.11 Å². The topological polar surface area (TPSA) is 66.8 Å². The standard InChI is InChI=1S/C9H7BrF2O4/c1-16-9(15)8(14)5-6(12)4(11)2-3(10)7(5)13/h2,8,13-14H,1H3. The van der Waals surface area contributed by atoms with Crippen LogP contribution in [0.4, 0.5) is 8.78 Å². The third-order valence-corrected chi connectivity index (χ3v) is 2.48. The van der Waals surface area contributed by atoms with E-state index in [1.807, 2.05) is 0 Å². The lowest BCUT2D eigenvalue weighted by atomic mass is 10.1. The normalized spacial score (nSPS) is 12.3. The summed E-state index contributed by atoms with van der Waals surface area (Å²) in [5.41, 5.74) is -0.862. The number of hydrogen-bond donors (Lipinski definition) is 2. The van der Waals surface area contributed by atoms with E-state index in [1.165, 1.54) is 0 Å². The molecular weight excluding hydrogens is 290 g/mol. The Balaban J connectivity index is 3.37. The van der Waals surface area contributed by atoms with Gasteiger partial charge in [0, 0.05) is 0 Å². The van der Waals surface area contributed by atoms with Crippen LogP contribution in [0.2, 0.25) is 0 Å². The van der Waals surface area contributed by atoms with Gasteiger partial charge in [-0.3, -0.25) is 0 Å². The van der Waals surface area contributed by atoms with Gasteiger partial charge in [-0.05, 0) is 22.0 Å². The molecule has 1 aromatic rings. The maximum absolute atomic E-state index is 13.3. The van der Waals surface area contributed by atoms with Gasteiger partial charge in [0.2, 0.25) is 0 Å². The van der Waals surface area contributed by atoms with Crippen molar-refractivity contribution in [3.8, 4) is 5.75 Å². The lowest BCUT2D eigenvalue weighted by Crippen LogP contribution is -2.16.